The second-order valence-electron chi connectivity index (χ2n) is 4.57. The third-order valence-corrected chi connectivity index (χ3v) is 3.50. The molecule has 4 nitrogen and oxygen atoms in total. The summed E-state index contributed by atoms with van der Waals surface area (Å²) in [5, 5.41) is 3.07. The number of carbonyl (C=O) groups excluding carboxylic acids is 1. The van der Waals surface area contributed by atoms with Gasteiger partial charge in [-0.15, -0.1) is 0 Å². The van der Waals surface area contributed by atoms with Crippen LogP contribution in [0, 0.1) is 0 Å². The number of carbonyl (C=O) groups is 1. The minimum absolute atomic E-state index is 0.107. The average Bonchev–Trinajstić information content (AvgIpc) is 2.78. The van der Waals surface area contributed by atoms with Gasteiger partial charge in [0.05, 0.1) is 12.6 Å². The Morgan fingerprint density at radius 2 is 2.06 bits per heavy atom. The van der Waals surface area contributed by atoms with Crippen LogP contribution in [0.15, 0.2) is 24.3 Å². The molecule has 2 bridgehead atoms. The van der Waals surface area contributed by atoms with E-state index in [1.807, 2.05) is 36.2 Å². The summed E-state index contributed by atoms with van der Waals surface area (Å²) in [7, 11) is 1.88. The zero-order chi connectivity index (χ0) is 11.8. The molecule has 2 aliphatic rings. The molecular weight excluding hydrogens is 216 g/mol. The Morgan fingerprint density at radius 1 is 1.29 bits per heavy atom. The van der Waals surface area contributed by atoms with Gasteiger partial charge in [0.2, 0.25) is 0 Å². The summed E-state index contributed by atoms with van der Waals surface area (Å²) in [6.07, 6.45) is 1.88. The topological polar surface area (TPSA) is 41.6 Å². The molecule has 1 N–H and O–H groups in total. The maximum atomic E-state index is 12.1. The van der Waals surface area contributed by atoms with E-state index >= 15 is 0 Å². The number of rotatable bonds is 2. The Bertz CT molecular complexity index is 430. The SMILES string of the molecule is CNc1ccc(N2CC3CCC(O3)C2=O)cc1. The van der Waals surface area contributed by atoms with Crippen LogP contribution in [0.25, 0.3) is 0 Å². The molecule has 3 rings (SSSR count). The first-order valence-corrected chi connectivity index (χ1v) is 6.02. The fraction of sp³-hybridized carbons (Fsp3) is 0.462. The van der Waals surface area contributed by atoms with E-state index in [9.17, 15) is 4.79 Å². The largest absolute Gasteiger partial charge is 0.388 e. The lowest BCUT2D eigenvalue weighted by Crippen LogP contribution is -2.47. The molecule has 2 atom stereocenters. The van der Waals surface area contributed by atoms with Gasteiger partial charge in [-0.05, 0) is 37.1 Å². The van der Waals surface area contributed by atoms with Crippen molar-refractivity contribution in [2.75, 3.05) is 23.8 Å². The van der Waals surface area contributed by atoms with Gasteiger partial charge in [-0.1, -0.05) is 0 Å². The zero-order valence-corrected chi connectivity index (χ0v) is 9.85. The van der Waals surface area contributed by atoms with Crippen molar-refractivity contribution in [2.24, 2.45) is 0 Å². The Morgan fingerprint density at radius 3 is 2.76 bits per heavy atom. The van der Waals surface area contributed by atoms with Gasteiger partial charge in [0.25, 0.3) is 5.91 Å². The van der Waals surface area contributed by atoms with Gasteiger partial charge in [-0.2, -0.15) is 0 Å². The number of morpholine rings is 1. The van der Waals surface area contributed by atoms with Gasteiger partial charge in [0, 0.05) is 18.4 Å². The molecule has 1 amide bonds. The van der Waals surface area contributed by atoms with Crippen molar-refractivity contribution >= 4 is 17.3 Å². The van der Waals surface area contributed by atoms with Crippen LogP contribution in [0.5, 0.6) is 0 Å². The third kappa shape index (κ3) is 1.78. The standard InChI is InChI=1S/C13H16N2O2/c1-14-9-2-4-10(5-3-9)15-8-11-6-7-12(17-11)13(15)16/h2-5,11-12,14H,6-8H2,1H3. The molecule has 0 radical (unpaired) electrons. The van der Waals surface area contributed by atoms with Gasteiger partial charge >= 0.3 is 0 Å². The van der Waals surface area contributed by atoms with Gasteiger partial charge in [-0.25, -0.2) is 0 Å². The molecule has 0 aliphatic carbocycles. The summed E-state index contributed by atoms with van der Waals surface area (Å²) in [6, 6.07) is 7.93. The highest BCUT2D eigenvalue weighted by Crippen LogP contribution is 2.30. The number of hydrogen-bond donors (Lipinski definition) is 1. The van der Waals surface area contributed by atoms with Crippen LogP contribution in [-0.4, -0.2) is 31.7 Å². The van der Waals surface area contributed by atoms with Crippen LogP contribution in [-0.2, 0) is 9.53 Å². The van der Waals surface area contributed by atoms with Crippen LogP contribution in [0.1, 0.15) is 12.8 Å². The molecular formula is C13H16N2O2. The van der Waals surface area contributed by atoms with E-state index in [1.165, 1.54) is 0 Å². The van der Waals surface area contributed by atoms with Crippen molar-refractivity contribution < 1.29 is 9.53 Å². The van der Waals surface area contributed by atoms with Crippen LogP contribution >= 0.6 is 0 Å². The molecule has 1 aromatic rings. The predicted octanol–water partition coefficient (Wildman–Crippen LogP) is 1.62. The normalized spacial score (nSPS) is 27.4. The van der Waals surface area contributed by atoms with Gasteiger partial charge in [0.1, 0.15) is 6.10 Å². The highest BCUT2D eigenvalue weighted by Gasteiger charge is 2.40. The second kappa shape index (κ2) is 4.04. The number of nitrogens with zero attached hydrogens (tertiary/aromatic N) is 1. The lowest BCUT2D eigenvalue weighted by molar-refractivity contribution is -0.133. The fourth-order valence-electron chi connectivity index (χ4n) is 2.53. The summed E-state index contributed by atoms with van der Waals surface area (Å²) in [5.41, 5.74) is 2.02. The summed E-state index contributed by atoms with van der Waals surface area (Å²) in [5.74, 6) is 0.107. The zero-order valence-electron chi connectivity index (χ0n) is 9.85. The molecule has 2 aliphatic heterocycles. The van der Waals surface area contributed by atoms with Crippen molar-refractivity contribution in [3.63, 3.8) is 0 Å². The van der Waals surface area contributed by atoms with E-state index in [1.54, 1.807) is 0 Å². The van der Waals surface area contributed by atoms with E-state index in [4.69, 9.17) is 4.74 Å². The molecule has 2 saturated heterocycles. The molecule has 90 valence electrons. The number of amides is 1. The molecule has 1 aromatic carbocycles. The van der Waals surface area contributed by atoms with Crippen LogP contribution < -0.4 is 10.2 Å². The van der Waals surface area contributed by atoms with Gasteiger partial charge in [-0.3, -0.25) is 4.79 Å². The third-order valence-electron chi connectivity index (χ3n) is 3.50. The van der Waals surface area contributed by atoms with Crippen LogP contribution in [0.2, 0.25) is 0 Å². The first-order chi connectivity index (χ1) is 8.28. The van der Waals surface area contributed by atoms with Crippen LogP contribution in [0.3, 0.4) is 0 Å². The maximum Gasteiger partial charge on any atom is 0.256 e. The quantitative estimate of drug-likeness (QED) is 0.842. The lowest BCUT2D eigenvalue weighted by Gasteiger charge is -2.31. The molecule has 17 heavy (non-hydrogen) atoms. The highest BCUT2D eigenvalue weighted by molar-refractivity contribution is 5.97. The summed E-state index contributed by atoms with van der Waals surface area (Å²) in [6.45, 7) is 0.689. The van der Waals surface area contributed by atoms with Gasteiger partial charge < -0.3 is 15.0 Å². The lowest BCUT2D eigenvalue weighted by atomic mass is 10.2. The van der Waals surface area contributed by atoms with E-state index in [0.717, 1.165) is 24.2 Å². The highest BCUT2D eigenvalue weighted by atomic mass is 16.5. The molecule has 0 aromatic heterocycles. The monoisotopic (exact) mass is 232 g/mol. The molecule has 2 fully saturated rings. The van der Waals surface area contributed by atoms with Crippen molar-refractivity contribution in [1.29, 1.82) is 0 Å². The van der Waals surface area contributed by atoms with Crippen molar-refractivity contribution in [3.05, 3.63) is 24.3 Å². The first-order valence-electron chi connectivity index (χ1n) is 6.02. The number of ether oxygens (including phenoxy) is 1. The molecule has 0 spiro atoms. The number of hydrogen-bond acceptors (Lipinski definition) is 3. The predicted molar refractivity (Wildman–Crippen MR) is 66.2 cm³/mol. The number of anilines is 2. The summed E-state index contributed by atoms with van der Waals surface area (Å²) < 4.78 is 5.60. The van der Waals surface area contributed by atoms with Crippen molar-refractivity contribution in [2.45, 2.75) is 25.0 Å². The molecule has 2 unspecified atom stereocenters. The number of nitrogens with one attached hydrogen (secondary N) is 1. The number of fused-ring (bicyclic) bond motifs is 2. The van der Waals surface area contributed by atoms with Gasteiger partial charge in [0.15, 0.2) is 0 Å². The average molecular weight is 232 g/mol. The van der Waals surface area contributed by atoms with Crippen molar-refractivity contribution in [3.8, 4) is 0 Å². The first kappa shape index (κ1) is 10.6. The molecule has 4 heteroatoms. The second-order valence-corrected chi connectivity index (χ2v) is 4.57. The molecule has 2 heterocycles. The Kier molecular flexibility index (Phi) is 2.52. The Labute approximate surface area is 101 Å². The minimum atomic E-state index is -0.210. The van der Waals surface area contributed by atoms with E-state index < -0.39 is 0 Å². The Balaban J connectivity index is 1.85. The summed E-state index contributed by atoms with van der Waals surface area (Å²) >= 11 is 0. The Hall–Kier alpha value is -1.55. The molecule has 0 saturated carbocycles. The smallest absolute Gasteiger partial charge is 0.256 e. The number of benzene rings is 1. The van der Waals surface area contributed by atoms with E-state index in [0.29, 0.717) is 6.54 Å². The van der Waals surface area contributed by atoms with E-state index in [2.05, 4.69) is 5.32 Å². The van der Waals surface area contributed by atoms with Crippen LogP contribution in [0.4, 0.5) is 11.4 Å². The fourth-order valence-corrected chi connectivity index (χ4v) is 2.53. The summed E-state index contributed by atoms with van der Waals surface area (Å²) in [4.78, 5) is 14.0. The van der Waals surface area contributed by atoms with Crippen molar-refractivity contribution in [1.82, 2.24) is 0 Å². The van der Waals surface area contributed by atoms with E-state index in [-0.39, 0.29) is 18.1 Å². The minimum Gasteiger partial charge on any atom is -0.388 e. The maximum absolute atomic E-state index is 12.1.